The van der Waals surface area contributed by atoms with Crippen LogP contribution in [0, 0.1) is 5.41 Å². The Hall–Kier alpha value is -2.32. The van der Waals surface area contributed by atoms with Crippen LogP contribution in [-0.2, 0) is 0 Å². The molecule has 2 N–H and O–H groups in total. The predicted molar refractivity (Wildman–Crippen MR) is 106 cm³/mol. The summed E-state index contributed by atoms with van der Waals surface area (Å²) >= 11 is 1.27. The SMILES string of the molecule is CC1(C)CN(c2ncnc3sc(C(=O)NCCCO)nc23)C2=CCCC=C21. The van der Waals surface area contributed by atoms with Crippen LogP contribution >= 0.6 is 11.3 Å². The molecule has 3 heterocycles. The van der Waals surface area contributed by atoms with Gasteiger partial charge in [0.25, 0.3) is 5.91 Å². The number of fused-ring (bicyclic) bond motifs is 2. The van der Waals surface area contributed by atoms with E-state index in [1.165, 1.54) is 22.6 Å². The first-order chi connectivity index (χ1) is 13.0. The number of aliphatic hydroxyl groups is 1. The smallest absolute Gasteiger partial charge is 0.280 e. The van der Waals surface area contributed by atoms with Gasteiger partial charge in [-0.1, -0.05) is 37.3 Å². The number of hydrogen-bond donors (Lipinski definition) is 2. The molecule has 0 unspecified atom stereocenters. The molecule has 142 valence electrons. The van der Waals surface area contributed by atoms with E-state index >= 15 is 0 Å². The summed E-state index contributed by atoms with van der Waals surface area (Å²) in [5, 5.41) is 12.0. The molecule has 0 radical (unpaired) electrons. The Labute approximate surface area is 161 Å². The fraction of sp³-hybridized carbons (Fsp3) is 0.474. The fourth-order valence-electron chi connectivity index (χ4n) is 3.69. The molecule has 2 aliphatic rings. The van der Waals surface area contributed by atoms with Crippen LogP contribution in [0.15, 0.2) is 29.7 Å². The first kappa shape index (κ1) is 18.1. The Morgan fingerprint density at radius 3 is 2.96 bits per heavy atom. The summed E-state index contributed by atoms with van der Waals surface area (Å²) in [6.07, 6.45) is 8.76. The van der Waals surface area contributed by atoms with Crippen molar-refractivity contribution in [2.45, 2.75) is 33.1 Å². The predicted octanol–water partition coefficient (Wildman–Crippen LogP) is 2.65. The van der Waals surface area contributed by atoms with Gasteiger partial charge in [0, 0.05) is 30.8 Å². The van der Waals surface area contributed by atoms with E-state index in [-0.39, 0.29) is 17.9 Å². The molecule has 1 fully saturated rings. The van der Waals surface area contributed by atoms with Crippen LogP contribution in [0.2, 0.25) is 0 Å². The zero-order valence-corrected chi connectivity index (χ0v) is 16.3. The maximum atomic E-state index is 12.3. The Morgan fingerprint density at radius 2 is 2.15 bits per heavy atom. The first-order valence-electron chi connectivity index (χ1n) is 9.20. The van der Waals surface area contributed by atoms with Crippen molar-refractivity contribution in [3.05, 3.63) is 34.8 Å². The standard InChI is InChI=1S/C19H23N5O2S/c1-19(2)10-24(13-7-4-3-6-12(13)19)15-14-17(22-11-21-15)27-18(23-14)16(26)20-8-5-9-25/h6-7,11,25H,3-5,8-10H2,1-2H3,(H,20,26). The molecule has 0 saturated carbocycles. The van der Waals surface area contributed by atoms with E-state index in [0.717, 1.165) is 25.2 Å². The van der Waals surface area contributed by atoms with Gasteiger partial charge in [-0.05, 0) is 24.8 Å². The van der Waals surface area contributed by atoms with Crippen LogP contribution in [0.1, 0.15) is 42.9 Å². The van der Waals surface area contributed by atoms with E-state index in [1.807, 2.05) is 0 Å². The fourth-order valence-corrected chi connectivity index (χ4v) is 4.51. The number of anilines is 1. The summed E-state index contributed by atoms with van der Waals surface area (Å²) in [6.45, 7) is 5.79. The summed E-state index contributed by atoms with van der Waals surface area (Å²) in [6, 6.07) is 0. The Balaban J connectivity index is 1.70. The maximum absolute atomic E-state index is 12.3. The summed E-state index contributed by atoms with van der Waals surface area (Å²) in [5.41, 5.74) is 3.27. The summed E-state index contributed by atoms with van der Waals surface area (Å²) in [4.78, 5) is 28.6. The summed E-state index contributed by atoms with van der Waals surface area (Å²) in [7, 11) is 0. The van der Waals surface area contributed by atoms with Gasteiger partial charge in [-0.2, -0.15) is 0 Å². The third kappa shape index (κ3) is 3.23. The molecule has 1 aliphatic carbocycles. The van der Waals surface area contributed by atoms with Crippen molar-refractivity contribution in [3.8, 4) is 0 Å². The molecular formula is C19H23N5O2S. The number of hydrogen-bond acceptors (Lipinski definition) is 7. The van der Waals surface area contributed by atoms with Gasteiger partial charge in [-0.25, -0.2) is 15.0 Å². The highest BCUT2D eigenvalue weighted by atomic mass is 32.1. The van der Waals surface area contributed by atoms with Gasteiger partial charge < -0.3 is 15.3 Å². The number of allylic oxidation sites excluding steroid dienone is 3. The van der Waals surface area contributed by atoms with E-state index in [9.17, 15) is 4.79 Å². The third-order valence-electron chi connectivity index (χ3n) is 4.95. The number of amides is 1. The molecule has 0 aromatic carbocycles. The minimum Gasteiger partial charge on any atom is -0.396 e. The molecule has 0 spiro atoms. The number of aromatic nitrogens is 3. The summed E-state index contributed by atoms with van der Waals surface area (Å²) < 4.78 is 0. The van der Waals surface area contributed by atoms with Crippen LogP contribution in [0.25, 0.3) is 10.3 Å². The average Bonchev–Trinajstić information content (AvgIpc) is 3.21. The number of nitrogens with one attached hydrogen (secondary N) is 1. The Morgan fingerprint density at radius 1 is 1.33 bits per heavy atom. The van der Waals surface area contributed by atoms with Crippen LogP contribution in [-0.4, -0.2) is 45.7 Å². The van der Waals surface area contributed by atoms with Crippen molar-refractivity contribution >= 4 is 33.4 Å². The Bertz CT molecular complexity index is 947. The van der Waals surface area contributed by atoms with Crippen molar-refractivity contribution in [1.82, 2.24) is 20.3 Å². The van der Waals surface area contributed by atoms with Gasteiger partial charge in [0.15, 0.2) is 10.8 Å². The van der Waals surface area contributed by atoms with Crippen LogP contribution < -0.4 is 10.2 Å². The molecule has 7 nitrogen and oxygen atoms in total. The highest BCUT2D eigenvalue weighted by Gasteiger charge is 2.40. The topological polar surface area (TPSA) is 91.2 Å². The van der Waals surface area contributed by atoms with Gasteiger partial charge in [0.05, 0.1) is 0 Å². The number of thiazole rings is 1. The van der Waals surface area contributed by atoms with Gasteiger partial charge >= 0.3 is 0 Å². The lowest BCUT2D eigenvalue weighted by Gasteiger charge is -2.20. The van der Waals surface area contributed by atoms with Crippen molar-refractivity contribution in [2.75, 3.05) is 24.6 Å². The van der Waals surface area contributed by atoms with E-state index in [1.54, 1.807) is 6.33 Å². The maximum Gasteiger partial charge on any atom is 0.280 e. The largest absolute Gasteiger partial charge is 0.396 e. The molecule has 2 aromatic heterocycles. The molecule has 27 heavy (non-hydrogen) atoms. The molecule has 1 amide bonds. The van der Waals surface area contributed by atoms with Gasteiger partial charge in [-0.15, -0.1) is 0 Å². The van der Waals surface area contributed by atoms with Crippen LogP contribution in [0.4, 0.5) is 5.82 Å². The number of aliphatic hydroxyl groups excluding tert-OH is 1. The van der Waals surface area contributed by atoms with Gasteiger partial charge in [0.2, 0.25) is 0 Å². The normalized spacial score (nSPS) is 18.3. The lowest BCUT2D eigenvalue weighted by Crippen LogP contribution is -2.25. The zero-order chi connectivity index (χ0) is 19.0. The van der Waals surface area contributed by atoms with Gasteiger partial charge in [0.1, 0.15) is 16.7 Å². The highest BCUT2D eigenvalue weighted by molar-refractivity contribution is 7.19. The quantitative estimate of drug-likeness (QED) is 0.769. The average molecular weight is 385 g/mol. The second kappa shape index (κ2) is 7.01. The van der Waals surface area contributed by atoms with Crippen molar-refractivity contribution < 1.29 is 9.90 Å². The van der Waals surface area contributed by atoms with Crippen LogP contribution in [0.5, 0.6) is 0 Å². The van der Waals surface area contributed by atoms with Crippen LogP contribution in [0.3, 0.4) is 0 Å². The van der Waals surface area contributed by atoms with E-state index in [0.29, 0.717) is 28.3 Å². The van der Waals surface area contributed by atoms with Gasteiger partial charge in [-0.3, -0.25) is 4.79 Å². The monoisotopic (exact) mass is 385 g/mol. The van der Waals surface area contributed by atoms with Crippen molar-refractivity contribution in [3.63, 3.8) is 0 Å². The number of rotatable bonds is 5. The van der Waals surface area contributed by atoms with E-state index in [4.69, 9.17) is 5.11 Å². The molecule has 0 atom stereocenters. The molecule has 2 aromatic rings. The molecule has 4 rings (SSSR count). The minimum absolute atomic E-state index is 0.0457. The third-order valence-corrected chi connectivity index (χ3v) is 5.91. The second-order valence-electron chi connectivity index (χ2n) is 7.46. The zero-order valence-electron chi connectivity index (χ0n) is 15.5. The molecular weight excluding hydrogens is 362 g/mol. The molecule has 1 saturated heterocycles. The lowest BCUT2D eigenvalue weighted by molar-refractivity contribution is 0.0951. The number of carbonyl (C=O) groups is 1. The van der Waals surface area contributed by atoms with E-state index < -0.39 is 0 Å². The first-order valence-corrected chi connectivity index (χ1v) is 10.0. The Kier molecular flexibility index (Phi) is 4.69. The highest BCUT2D eigenvalue weighted by Crippen LogP contribution is 2.46. The number of nitrogens with zero attached hydrogens (tertiary/aromatic N) is 4. The van der Waals surface area contributed by atoms with E-state index in [2.05, 4.69) is 51.2 Å². The number of carbonyl (C=O) groups excluding carboxylic acids is 1. The summed E-state index contributed by atoms with van der Waals surface area (Å²) in [5.74, 6) is 0.520. The van der Waals surface area contributed by atoms with Crippen molar-refractivity contribution in [1.29, 1.82) is 0 Å². The second-order valence-corrected chi connectivity index (χ2v) is 8.44. The lowest BCUT2D eigenvalue weighted by atomic mass is 9.84. The van der Waals surface area contributed by atoms with Crippen molar-refractivity contribution in [2.24, 2.45) is 5.41 Å². The molecule has 1 aliphatic heterocycles. The molecule has 8 heteroatoms. The molecule has 0 bridgehead atoms. The minimum atomic E-state index is -0.239.